The Morgan fingerprint density at radius 1 is 1.06 bits per heavy atom. The molecule has 4 nitrogen and oxygen atoms in total. The molecule has 0 aromatic rings. The monoisotopic (exact) mass is 426 g/mol. The molecular formula is C27H42N2O2. The van der Waals surface area contributed by atoms with E-state index in [0.717, 1.165) is 44.6 Å². The third-order valence-electron chi connectivity index (χ3n) is 10.4. The summed E-state index contributed by atoms with van der Waals surface area (Å²) in [7, 11) is 1.99. The van der Waals surface area contributed by atoms with Gasteiger partial charge in [-0.05, 0) is 94.5 Å². The maximum absolute atomic E-state index is 12.7. The van der Waals surface area contributed by atoms with E-state index in [1.54, 1.807) is 5.57 Å². The molecule has 4 heteroatoms. The summed E-state index contributed by atoms with van der Waals surface area (Å²) in [5, 5.41) is 7.98. The van der Waals surface area contributed by atoms with Crippen molar-refractivity contribution in [1.29, 1.82) is 0 Å². The second-order valence-corrected chi connectivity index (χ2v) is 11.7. The fourth-order valence-electron chi connectivity index (χ4n) is 8.81. The first-order valence-corrected chi connectivity index (χ1v) is 13.0. The van der Waals surface area contributed by atoms with Crippen LogP contribution < -0.4 is 5.32 Å². The number of carbonyl (C=O) groups excluding carboxylic acids is 1. The van der Waals surface area contributed by atoms with Gasteiger partial charge in [0, 0.05) is 17.3 Å². The summed E-state index contributed by atoms with van der Waals surface area (Å²) in [6, 6.07) is 0. The quantitative estimate of drug-likeness (QED) is 0.350. The number of nitrogens with zero attached hydrogens (tertiary/aromatic N) is 1. The van der Waals surface area contributed by atoms with Crippen molar-refractivity contribution >= 4 is 11.5 Å². The molecule has 0 radical (unpaired) electrons. The molecule has 0 unspecified atom stereocenters. The Balaban J connectivity index is 1.44. The number of rotatable bonds is 5. The van der Waals surface area contributed by atoms with Crippen molar-refractivity contribution in [3.63, 3.8) is 0 Å². The van der Waals surface area contributed by atoms with E-state index in [1.807, 2.05) is 7.05 Å². The van der Waals surface area contributed by atoms with Gasteiger partial charge in [0.2, 0.25) is 0 Å². The van der Waals surface area contributed by atoms with Crippen LogP contribution in [-0.2, 0) is 9.63 Å². The van der Waals surface area contributed by atoms with E-state index in [4.69, 9.17) is 9.99 Å². The summed E-state index contributed by atoms with van der Waals surface area (Å²) in [4.78, 5) is 18.6. The van der Waals surface area contributed by atoms with Crippen LogP contribution >= 0.6 is 0 Å². The summed E-state index contributed by atoms with van der Waals surface area (Å²) in [5.74, 6) is 2.61. The molecule has 5 aliphatic carbocycles. The number of hydrogen-bond donors (Lipinski definition) is 1. The van der Waals surface area contributed by atoms with Crippen LogP contribution in [0, 0.1) is 34.0 Å². The molecule has 0 saturated heterocycles. The second-order valence-electron chi connectivity index (χ2n) is 11.7. The summed E-state index contributed by atoms with van der Waals surface area (Å²) >= 11 is 0. The Bertz CT molecular complexity index is 780. The topological polar surface area (TPSA) is 50.7 Å². The molecule has 172 valence electrons. The highest BCUT2D eigenvalue weighted by atomic mass is 16.6. The molecule has 0 heterocycles. The lowest BCUT2D eigenvalue weighted by molar-refractivity contribution is -0.131. The van der Waals surface area contributed by atoms with Crippen LogP contribution in [0.1, 0.15) is 90.9 Å². The predicted molar refractivity (Wildman–Crippen MR) is 125 cm³/mol. The van der Waals surface area contributed by atoms with E-state index >= 15 is 0 Å². The van der Waals surface area contributed by atoms with Gasteiger partial charge in [0.15, 0.2) is 0 Å². The first-order chi connectivity index (χ1) is 15.0. The average Bonchev–Trinajstić information content (AvgIpc) is 3.35. The molecule has 0 aromatic heterocycles. The number of Topliss-reactive ketones (excluding diaryl/α,β-unsaturated/α-hetero) is 1. The third kappa shape index (κ3) is 3.18. The first kappa shape index (κ1) is 21.7. The van der Waals surface area contributed by atoms with Gasteiger partial charge in [-0.2, -0.15) is 0 Å². The lowest BCUT2D eigenvalue weighted by Crippen LogP contribution is -2.54. The van der Waals surface area contributed by atoms with Crippen LogP contribution in [0.15, 0.2) is 16.8 Å². The van der Waals surface area contributed by atoms with Gasteiger partial charge in [0.05, 0.1) is 5.71 Å². The van der Waals surface area contributed by atoms with Gasteiger partial charge in [0.1, 0.15) is 12.4 Å². The van der Waals surface area contributed by atoms with Crippen LogP contribution in [0.3, 0.4) is 0 Å². The number of allylic oxidation sites excluding steroid dienone is 2. The molecule has 5 aliphatic rings. The average molecular weight is 427 g/mol. The molecule has 0 amide bonds. The van der Waals surface area contributed by atoms with Gasteiger partial charge < -0.3 is 10.2 Å². The highest BCUT2D eigenvalue weighted by Gasteiger charge is 2.62. The fraction of sp³-hybridized carbons (Fsp3) is 0.852. The van der Waals surface area contributed by atoms with Crippen molar-refractivity contribution in [2.45, 2.75) is 90.9 Å². The first-order valence-electron chi connectivity index (χ1n) is 13.0. The number of ketones is 1. The van der Waals surface area contributed by atoms with Crippen molar-refractivity contribution in [3.05, 3.63) is 11.6 Å². The molecule has 4 fully saturated rings. The Morgan fingerprint density at radius 2 is 1.84 bits per heavy atom. The molecule has 0 aromatic carbocycles. The van der Waals surface area contributed by atoms with Crippen molar-refractivity contribution in [2.24, 2.45) is 39.2 Å². The second kappa shape index (κ2) is 8.01. The number of nitrogens with one attached hydrogen (secondary N) is 1. The lowest BCUT2D eigenvalue weighted by atomic mass is 9.44. The van der Waals surface area contributed by atoms with E-state index in [2.05, 4.69) is 25.2 Å². The zero-order chi connectivity index (χ0) is 21.7. The fourth-order valence-corrected chi connectivity index (χ4v) is 8.81. The van der Waals surface area contributed by atoms with Gasteiger partial charge in [-0.3, -0.25) is 4.79 Å². The molecular weight excluding hydrogens is 384 g/mol. The van der Waals surface area contributed by atoms with Crippen LogP contribution in [-0.4, -0.2) is 31.7 Å². The highest BCUT2D eigenvalue weighted by Crippen LogP contribution is 2.68. The SMILES string of the molecule is CNCCCO/N=C1/CC[C@@]2(C)C(=CC[C@@H]3[C@@H]2CC[C@]2(C)C(=O)CC[C@@H]32)C12CCCC2. The number of fused-ring (bicyclic) bond motifs is 6. The Hall–Kier alpha value is -1.16. The zero-order valence-corrected chi connectivity index (χ0v) is 20.0. The van der Waals surface area contributed by atoms with E-state index in [1.165, 1.54) is 50.7 Å². The zero-order valence-electron chi connectivity index (χ0n) is 20.0. The van der Waals surface area contributed by atoms with Crippen LogP contribution in [0.5, 0.6) is 0 Å². The van der Waals surface area contributed by atoms with Gasteiger partial charge in [-0.1, -0.05) is 43.5 Å². The number of carbonyl (C=O) groups is 1. The lowest BCUT2D eigenvalue weighted by Gasteiger charge is -2.60. The molecule has 1 spiro atoms. The van der Waals surface area contributed by atoms with Crippen molar-refractivity contribution in [1.82, 2.24) is 5.32 Å². The maximum Gasteiger partial charge on any atom is 0.139 e. The number of hydrogen-bond acceptors (Lipinski definition) is 4. The molecule has 5 rings (SSSR count). The van der Waals surface area contributed by atoms with Crippen LogP contribution in [0.2, 0.25) is 0 Å². The standard InChI is InChI=1S/C27H42N2O2/c1-25-16-12-23(29-31-18-6-17-28-3)27(13-4-5-14-27)22(25)9-7-19-20-8-10-24(30)26(20,2)15-11-21(19)25/h9,19-21,28H,4-8,10-18H2,1-3H3/b29-23-/t19-,20-,21-,25+,26-/m0/s1. The van der Waals surface area contributed by atoms with E-state index in [-0.39, 0.29) is 16.2 Å². The Kier molecular flexibility index (Phi) is 5.60. The predicted octanol–water partition coefficient (Wildman–Crippen LogP) is 5.67. The van der Waals surface area contributed by atoms with Crippen molar-refractivity contribution in [2.75, 3.05) is 20.2 Å². The Labute approximate surface area is 188 Å². The maximum atomic E-state index is 12.7. The van der Waals surface area contributed by atoms with Crippen LogP contribution in [0.25, 0.3) is 0 Å². The van der Waals surface area contributed by atoms with Gasteiger partial charge in [0.25, 0.3) is 0 Å². The molecule has 5 atom stereocenters. The van der Waals surface area contributed by atoms with Crippen molar-refractivity contribution in [3.8, 4) is 0 Å². The molecule has 4 saturated carbocycles. The highest BCUT2D eigenvalue weighted by molar-refractivity contribution is 5.94. The van der Waals surface area contributed by atoms with E-state index in [0.29, 0.717) is 24.2 Å². The summed E-state index contributed by atoms with van der Waals surface area (Å²) in [6.45, 7) is 6.56. The molecule has 1 N–H and O–H groups in total. The van der Waals surface area contributed by atoms with E-state index in [9.17, 15) is 4.79 Å². The summed E-state index contributed by atoms with van der Waals surface area (Å²) in [5.41, 5.74) is 3.47. The summed E-state index contributed by atoms with van der Waals surface area (Å²) in [6.07, 6.45) is 16.6. The smallest absolute Gasteiger partial charge is 0.139 e. The number of oxime groups is 1. The molecule has 0 aliphatic heterocycles. The third-order valence-corrected chi connectivity index (χ3v) is 10.4. The van der Waals surface area contributed by atoms with Crippen LogP contribution in [0.4, 0.5) is 0 Å². The molecule has 0 bridgehead atoms. The normalized spacial score (nSPS) is 42.3. The van der Waals surface area contributed by atoms with Gasteiger partial charge in [-0.25, -0.2) is 0 Å². The van der Waals surface area contributed by atoms with E-state index < -0.39 is 0 Å². The summed E-state index contributed by atoms with van der Waals surface area (Å²) < 4.78 is 0. The van der Waals surface area contributed by atoms with Gasteiger partial charge in [-0.15, -0.1) is 0 Å². The van der Waals surface area contributed by atoms with Crippen molar-refractivity contribution < 1.29 is 9.63 Å². The minimum Gasteiger partial charge on any atom is -0.396 e. The minimum atomic E-state index is -0.0314. The molecule has 31 heavy (non-hydrogen) atoms. The minimum absolute atomic E-state index is 0.0314. The largest absolute Gasteiger partial charge is 0.396 e. The van der Waals surface area contributed by atoms with Gasteiger partial charge >= 0.3 is 0 Å². The Morgan fingerprint density at radius 3 is 2.61 bits per heavy atom.